The van der Waals surface area contributed by atoms with Crippen molar-refractivity contribution in [2.75, 3.05) is 5.33 Å². The predicted octanol–water partition coefficient (Wildman–Crippen LogP) is 1.75. The summed E-state index contributed by atoms with van der Waals surface area (Å²) in [6, 6.07) is 5.14. The Morgan fingerprint density at radius 3 is 3.00 bits per heavy atom. The second kappa shape index (κ2) is 4.97. The fourth-order valence-corrected chi connectivity index (χ4v) is 1.36. The first-order valence-corrected chi connectivity index (χ1v) is 5.46. The third-order valence-electron chi connectivity index (χ3n) is 1.91. The van der Waals surface area contributed by atoms with Crippen molar-refractivity contribution in [2.45, 2.75) is 13.5 Å². The van der Waals surface area contributed by atoms with Crippen LogP contribution in [0, 0.1) is 17.2 Å². The first-order chi connectivity index (χ1) is 6.69. The van der Waals surface area contributed by atoms with Gasteiger partial charge < -0.3 is 4.57 Å². The zero-order valence-corrected chi connectivity index (χ0v) is 9.49. The van der Waals surface area contributed by atoms with E-state index < -0.39 is 0 Å². The van der Waals surface area contributed by atoms with E-state index in [1.807, 2.05) is 13.0 Å². The smallest absolute Gasteiger partial charge is 0.268 e. The van der Waals surface area contributed by atoms with Crippen molar-refractivity contribution in [2.24, 2.45) is 5.92 Å². The molecule has 1 unspecified atom stereocenters. The number of alkyl halides is 1. The second-order valence-electron chi connectivity index (χ2n) is 3.25. The second-order valence-corrected chi connectivity index (χ2v) is 3.90. The van der Waals surface area contributed by atoms with Crippen LogP contribution in [0.4, 0.5) is 0 Å². The van der Waals surface area contributed by atoms with Gasteiger partial charge in [0, 0.05) is 18.1 Å². The van der Waals surface area contributed by atoms with Gasteiger partial charge in [-0.1, -0.05) is 22.9 Å². The Kier molecular flexibility index (Phi) is 3.90. The zero-order chi connectivity index (χ0) is 10.6. The highest BCUT2D eigenvalue weighted by Gasteiger charge is 2.05. The summed E-state index contributed by atoms with van der Waals surface area (Å²) in [4.78, 5) is 11.6. The standard InChI is InChI=1S/C10H11BrN2O/c1-8(5-11)7-13-4-2-3-9(6-12)10(13)14/h2-4,8H,5,7H2,1H3. The van der Waals surface area contributed by atoms with E-state index in [9.17, 15) is 4.79 Å². The Balaban J connectivity index is 3.00. The summed E-state index contributed by atoms with van der Waals surface area (Å²) in [6.07, 6.45) is 1.71. The molecule has 0 fully saturated rings. The summed E-state index contributed by atoms with van der Waals surface area (Å²) in [5.41, 5.74) is -0.00271. The van der Waals surface area contributed by atoms with Gasteiger partial charge in [0.1, 0.15) is 11.6 Å². The number of rotatable bonds is 3. The van der Waals surface area contributed by atoms with Crippen molar-refractivity contribution in [1.82, 2.24) is 4.57 Å². The summed E-state index contributed by atoms with van der Waals surface area (Å²) in [6.45, 7) is 2.68. The number of hydrogen-bond donors (Lipinski definition) is 0. The molecule has 0 radical (unpaired) electrons. The fourth-order valence-electron chi connectivity index (χ4n) is 1.15. The molecule has 1 atom stereocenters. The lowest BCUT2D eigenvalue weighted by molar-refractivity contribution is 0.520. The molecule has 14 heavy (non-hydrogen) atoms. The average Bonchev–Trinajstić information content (AvgIpc) is 2.21. The topological polar surface area (TPSA) is 45.8 Å². The van der Waals surface area contributed by atoms with Gasteiger partial charge in [-0.25, -0.2) is 0 Å². The minimum atomic E-state index is -0.206. The normalized spacial score (nSPS) is 12.1. The molecule has 1 aromatic heterocycles. The van der Waals surface area contributed by atoms with Gasteiger partial charge in [-0.05, 0) is 18.1 Å². The minimum absolute atomic E-state index is 0.203. The SMILES string of the molecule is CC(CBr)Cn1cccc(C#N)c1=O. The minimum Gasteiger partial charge on any atom is -0.314 e. The van der Waals surface area contributed by atoms with E-state index >= 15 is 0 Å². The lowest BCUT2D eigenvalue weighted by atomic mass is 10.2. The van der Waals surface area contributed by atoms with Crippen molar-refractivity contribution in [3.63, 3.8) is 0 Å². The van der Waals surface area contributed by atoms with Crippen LogP contribution in [-0.2, 0) is 6.54 Å². The highest BCUT2D eigenvalue weighted by molar-refractivity contribution is 9.09. The molecule has 4 heteroatoms. The van der Waals surface area contributed by atoms with E-state index in [0.717, 1.165) is 5.33 Å². The van der Waals surface area contributed by atoms with E-state index in [0.29, 0.717) is 12.5 Å². The largest absolute Gasteiger partial charge is 0.314 e. The molecule has 0 aliphatic rings. The van der Waals surface area contributed by atoms with Gasteiger partial charge in [-0.15, -0.1) is 0 Å². The van der Waals surface area contributed by atoms with E-state index in [1.54, 1.807) is 16.8 Å². The van der Waals surface area contributed by atoms with E-state index in [2.05, 4.69) is 15.9 Å². The van der Waals surface area contributed by atoms with E-state index in [4.69, 9.17) is 5.26 Å². The van der Waals surface area contributed by atoms with Crippen LogP contribution in [-0.4, -0.2) is 9.90 Å². The number of halogens is 1. The Morgan fingerprint density at radius 1 is 1.71 bits per heavy atom. The van der Waals surface area contributed by atoms with Crippen molar-refractivity contribution in [3.8, 4) is 6.07 Å². The van der Waals surface area contributed by atoms with Crippen LogP contribution in [0.3, 0.4) is 0 Å². The first-order valence-electron chi connectivity index (χ1n) is 4.34. The van der Waals surface area contributed by atoms with Gasteiger partial charge in [0.2, 0.25) is 0 Å². The fraction of sp³-hybridized carbons (Fsp3) is 0.400. The maximum Gasteiger partial charge on any atom is 0.268 e. The molecule has 0 amide bonds. The third kappa shape index (κ3) is 2.46. The maximum atomic E-state index is 11.6. The molecule has 1 rings (SSSR count). The Labute approximate surface area is 91.1 Å². The molecule has 74 valence electrons. The lowest BCUT2D eigenvalue weighted by Gasteiger charge is -2.09. The first kappa shape index (κ1) is 11.0. The quantitative estimate of drug-likeness (QED) is 0.772. The van der Waals surface area contributed by atoms with Crippen LogP contribution in [0.2, 0.25) is 0 Å². The Hall–Kier alpha value is -1.08. The average molecular weight is 255 g/mol. The van der Waals surface area contributed by atoms with Crippen LogP contribution < -0.4 is 5.56 Å². The maximum absolute atomic E-state index is 11.6. The van der Waals surface area contributed by atoms with Gasteiger partial charge in [0.25, 0.3) is 5.56 Å². The summed E-state index contributed by atoms with van der Waals surface area (Å²) >= 11 is 3.35. The van der Waals surface area contributed by atoms with E-state index in [1.165, 1.54) is 6.07 Å². The number of nitrogens with zero attached hydrogens (tertiary/aromatic N) is 2. The molecule has 3 nitrogen and oxygen atoms in total. The van der Waals surface area contributed by atoms with Gasteiger partial charge in [0.15, 0.2) is 0 Å². The van der Waals surface area contributed by atoms with Crippen molar-refractivity contribution >= 4 is 15.9 Å². The zero-order valence-electron chi connectivity index (χ0n) is 7.90. The summed E-state index contributed by atoms with van der Waals surface area (Å²) < 4.78 is 1.57. The third-order valence-corrected chi connectivity index (χ3v) is 3.02. The number of aromatic nitrogens is 1. The summed E-state index contributed by atoms with van der Waals surface area (Å²) in [5, 5.41) is 9.51. The van der Waals surface area contributed by atoms with Crippen LogP contribution in [0.1, 0.15) is 12.5 Å². The van der Waals surface area contributed by atoms with Crippen LogP contribution in [0.15, 0.2) is 23.1 Å². The molecule has 0 aliphatic heterocycles. The predicted molar refractivity (Wildman–Crippen MR) is 58.4 cm³/mol. The van der Waals surface area contributed by atoms with E-state index in [-0.39, 0.29) is 11.1 Å². The molecular formula is C10H11BrN2O. The van der Waals surface area contributed by atoms with Gasteiger partial charge >= 0.3 is 0 Å². The number of hydrogen-bond acceptors (Lipinski definition) is 2. The molecule has 0 saturated carbocycles. The van der Waals surface area contributed by atoms with Gasteiger partial charge in [0.05, 0.1) is 0 Å². The molecule has 0 aliphatic carbocycles. The summed E-state index contributed by atoms with van der Waals surface area (Å²) in [5.74, 6) is 0.377. The number of nitriles is 1. The highest BCUT2D eigenvalue weighted by atomic mass is 79.9. The van der Waals surface area contributed by atoms with Gasteiger partial charge in [-0.2, -0.15) is 5.26 Å². The molecule has 0 spiro atoms. The molecule has 0 N–H and O–H groups in total. The van der Waals surface area contributed by atoms with Gasteiger partial charge in [-0.3, -0.25) is 4.79 Å². The molecule has 0 saturated heterocycles. The van der Waals surface area contributed by atoms with Crippen molar-refractivity contribution in [3.05, 3.63) is 34.2 Å². The summed E-state index contributed by atoms with van der Waals surface area (Å²) in [7, 11) is 0. The Bertz CT molecular complexity index is 405. The number of pyridine rings is 1. The van der Waals surface area contributed by atoms with Crippen LogP contribution in [0.5, 0.6) is 0 Å². The molecule has 0 bridgehead atoms. The lowest BCUT2D eigenvalue weighted by Crippen LogP contribution is -2.24. The van der Waals surface area contributed by atoms with Crippen LogP contribution >= 0.6 is 15.9 Å². The molecule has 1 aromatic rings. The highest BCUT2D eigenvalue weighted by Crippen LogP contribution is 2.02. The van der Waals surface area contributed by atoms with Crippen molar-refractivity contribution in [1.29, 1.82) is 5.26 Å². The Morgan fingerprint density at radius 2 is 2.43 bits per heavy atom. The molecular weight excluding hydrogens is 244 g/mol. The van der Waals surface area contributed by atoms with Crippen LogP contribution in [0.25, 0.3) is 0 Å². The van der Waals surface area contributed by atoms with Crippen molar-refractivity contribution < 1.29 is 0 Å². The monoisotopic (exact) mass is 254 g/mol. The molecule has 0 aromatic carbocycles. The molecule has 1 heterocycles.